The molecule has 0 heterocycles. The fraction of sp³-hybridized carbons (Fsp3) is 0.417. The molecule has 0 bridgehead atoms. The van der Waals surface area contributed by atoms with Gasteiger partial charge in [-0.15, -0.1) is 0 Å². The zero-order valence-electron chi connectivity index (χ0n) is 10.8. The standard InChI is InChI=1S/C12H15F2NO4S/c1-2-19-11(16)7-8-15-9-5-3-4-6-10(9)20(17,18)12(13)14/h3-6,12,15H,2,7-8H2,1H3. The van der Waals surface area contributed by atoms with Crippen LogP contribution in [-0.4, -0.2) is 33.3 Å². The Hall–Kier alpha value is -1.70. The molecule has 0 saturated carbocycles. The van der Waals surface area contributed by atoms with E-state index in [2.05, 4.69) is 5.32 Å². The van der Waals surface area contributed by atoms with Crippen LogP contribution in [0.15, 0.2) is 29.2 Å². The van der Waals surface area contributed by atoms with Gasteiger partial charge in [-0.2, -0.15) is 8.78 Å². The van der Waals surface area contributed by atoms with Gasteiger partial charge in [-0.25, -0.2) is 8.42 Å². The maximum Gasteiger partial charge on any atom is 0.341 e. The Bertz CT molecular complexity index is 560. The lowest BCUT2D eigenvalue weighted by molar-refractivity contribution is -0.142. The molecule has 112 valence electrons. The van der Waals surface area contributed by atoms with Crippen molar-refractivity contribution in [1.82, 2.24) is 0 Å². The van der Waals surface area contributed by atoms with E-state index < -0.39 is 26.5 Å². The van der Waals surface area contributed by atoms with E-state index in [4.69, 9.17) is 4.74 Å². The summed E-state index contributed by atoms with van der Waals surface area (Å²) in [5, 5.41) is 2.65. The quantitative estimate of drug-likeness (QED) is 0.781. The summed E-state index contributed by atoms with van der Waals surface area (Å²) in [4.78, 5) is 10.6. The van der Waals surface area contributed by atoms with Crippen molar-refractivity contribution < 1.29 is 26.7 Å². The number of ether oxygens (including phenoxy) is 1. The van der Waals surface area contributed by atoms with Gasteiger partial charge in [-0.1, -0.05) is 12.1 Å². The van der Waals surface area contributed by atoms with Gasteiger partial charge in [-0.05, 0) is 19.1 Å². The fourth-order valence-electron chi connectivity index (χ4n) is 1.49. The van der Waals surface area contributed by atoms with E-state index in [0.29, 0.717) is 0 Å². The van der Waals surface area contributed by atoms with E-state index in [9.17, 15) is 22.0 Å². The zero-order valence-corrected chi connectivity index (χ0v) is 11.6. The summed E-state index contributed by atoms with van der Waals surface area (Å²) in [7, 11) is -4.68. The third kappa shape index (κ3) is 4.16. The minimum atomic E-state index is -4.68. The number of nitrogens with one attached hydrogen (secondary N) is 1. The van der Waals surface area contributed by atoms with E-state index in [1.165, 1.54) is 18.2 Å². The van der Waals surface area contributed by atoms with Gasteiger partial charge < -0.3 is 10.1 Å². The second-order valence-corrected chi connectivity index (χ2v) is 5.67. The molecule has 5 nitrogen and oxygen atoms in total. The predicted octanol–water partition coefficient (Wildman–Crippen LogP) is 2.05. The normalized spacial score (nSPS) is 11.4. The van der Waals surface area contributed by atoms with Crippen LogP contribution in [0.4, 0.5) is 14.5 Å². The summed E-state index contributed by atoms with van der Waals surface area (Å²) >= 11 is 0. The number of carbonyl (C=O) groups is 1. The molecule has 0 aliphatic rings. The van der Waals surface area contributed by atoms with Gasteiger partial charge in [0, 0.05) is 6.54 Å². The van der Waals surface area contributed by atoms with Crippen molar-refractivity contribution in [3.8, 4) is 0 Å². The molecule has 1 N–H and O–H groups in total. The number of benzene rings is 1. The fourth-order valence-corrected chi connectivity index (χ4v) is 2.40. The number of anilines is 1. The monoisotopic (exact) mass is 307 g/mol. The van der Waals surface area contributed by atoms with Gasteiger partial charge in [0.15, 0.2) is 0 Å². The largest absolute Gasteiger partial charge is 0.466 e. The van der Waals surface area contributed by atoms with Crippen molar-refractivity contribution in [3.63, 3.8) is 0 Å². The van der Waals surface area contributed by atoms with Crippen molar-refractivity contribution in [3.05, 3.63) is 24.3 Å². The molecule has 1 aromatic rings. The van der Waals surface area contributed by atoms with Gasteiger partial charge in [0.05, 0.1) is 23.6 Å². The Balaban J connectivity index is 2.80. The minimum absolute atomic E-state index is 0.0108. The van der Waals surface area contributed by atoms with Gasteiger partial charge in [0.2, 0.25) is 9.84 Å². The van der Waals surface area contributed by atoms with E-state index in [1.807, 2.05) is 0 Å². The Kier molecular flexibility index (Phi) is 5.87. The lowest BCUT2D eigenvalue weighted by Crippen LogP contribution is -2.16. The lowest BCUT2D eigenvalue weighted by Gasteiger charge is -2.11. The molecule has 8 heteroatoms. The highest BCUT2D eigenvalue weighted by Crippen LogP contribution is 2.25. The molecule has 0 radical (unpaired) electrons. The lowest BCUT2D eigenvalue weighted by atomic mass is 10.3. The highest BCUT2D eigenvalue weighted by atomic mass is 32.2. The number of halogens is 2. The summed E-state index contributed by atoms with van der Waals surface area (Å²) in [5.74, 6) is -3.94. The first-order valence-electron chi connectivity index (χ1n) is 5.90. The molecular formula is C12H15F2NO4S. The average molecular weight is 307 g/mol. The van der Waals surface area contributed by atoms with Crippen molar-refractivity contribution in [2.75, 3.05) is 18.5 Å². The number of esters is 1. The predicted molar refractivity (Wildman–Crippen MR) is 69.4 cm³/mol. The van der Waals surface area contributed by atoms with Gasteiger partial charge in [-0.3, -0.25) is 4.79 Å². The Morgan fingerprint density at radius 2 is 2.00 bits per heavy atom. The van der Waals surface area contributed by atoms with Crippen molar-refractivity contribution in [1.29, 1.82) is 0 Å². The van der Waals surface area contributed by atoms with Crippen molar-refractivity contribution >= 4 is 21.5 Å². The van der Waals surface area contributed by atoms with Crippen LogP contribution in [0, 0.1) is 0 Å². The topological polar surface area (TPSA) is 72.5 Å². The molecule has 0 aliphatic heterocycles. The van der Waals surface area contributed by atoms with E-state index >= 15 is 0 Å². The van der Waals surface area contributed by atoms with E-state index in [1.54, 1.807) is 6.92 Å². The smallest absolute Gasteiger partial charge is 0.341 e. The molecule has 0 unspecified atom stereocenters. The van der Waals surface area contributed by atoms with Crippen LogP contribution in [0.25, 0.3) is 0 Å². The van der Waals surface area contributed by atoms with E-state index in [0.717, 1.165) is 6.07 Å². The minimum Gasteiger partial charge on any atom is -0.466 e. The zero-order chi connectivity index (χ0) is 15.2. The highest BCUT2D eigenvalue weighted by molar-refractivity contribution is 7.91. The molecule has 0 amide bonds. The molecule has 1 aromatic carbocycles. The van der Waals surface area contributed by atoms with Crippen molar-refractivity contribution in [2.45, 2.75) is 24.0 Å². The van der Waals surface area contributed by atoms with Crippen LogP contribution in [0.2, 0.25) is 0 Å². The molecule has 20 heavy (non-hydrogen) atoms. The number of rotatable bonds is 7. The second-order valence-electron chi connectivity index (χ2n) is 3.78. The van der Waals surface area contributed by atoms with Crippen LogP contribution >= 0.6 is 0 Å². The molecule has 0 aliphatic carbocycles. The van der Waals surface area contributed by atoms with Crippen molar-refractivity contribution in [2.24, 2.45) is 0 Å². The first-order chi connectivity index (χ1) is 9.39. The van der Waals surface area contributed by atoms with Crippen LogP contribution in [0.5, 0.6) is 0 Å². The summed E-state index contributed by atoms with van der Waals surface area (Å²) in [5.41, 5.74) is 0.0390. The van der Waals surface area contributed by atoms with Crippen LogP contribution < -0.4 is 5.32 Å². The number of hydrogen-bond donors (Lipinski definition) is 1. The Morgan fingerprint density at radius 1 is 1.35 bits per heavy atom. The summed E-state index contributed by atoms with van der Waals surface area (Å²) < 4.78 is 52.7. The highest BCUT2D eigenvalue weighted by Gasteiger charge is 2.28. The number of hydrogen-bond acceptors (Lipinski definition) is 5. The molecule has 0 fully saturated rings. The molecular weight excluding hydrogens is 292 g/mol. The maximum absolute atomic E-state index is 12.5. The maximum atomic E-state index is 12.5. The third-order valence-electron chi connectivity index (χ3n) is 2.38. The second kappa shape index (κ2) is 7.18. The summed E-state index contributed by atoms with van der Waals surface area (Å²) in [6, 6.07) is 5.32. The van der Waals surface area contributed by atoms with Gasteiger partial charge in [0.25, 0.3) is 0 Å². The van der Waals surface area contributed by atoms with Gasteiger partial charge >= 0.3 is 11.7 Å². The molecule has 0 atom stereocenters. The number of para-hydroxylation sites is 1. The first kappa shape index (κ1) is 16.4. The number of carbonyl (C=O) groups excluding carboxylic acids is 1. The van der Waals surface area contributed by atoms with Crippen LogP contribution in [0.1, 0.15) is 13.3 Å². The van der Waals surface area contributed by atoms with Crippen LogP contribution in [0.3, 0.4) is 0 Å². The molecule has 0 spiro atoms. The first-order valence-corrected chi connectivity index (χ1v) is 7.44. The van der Waals surface area contributed by atoms with Crippen LogP contribution in [-0.2, 0) is 19.4 Å². The Labute approximate surface area is 115 Å². The third-order valence-corrected chi connectivity index (χ3v) is 3.82. The number of sulfone groups is 1. The average Bonchev–Trinajstić information content (AvgIpc) is 2.39. The summed E-state index contributed by atoms with van der Waals surface area (Å²) in [6.07, 6.45) is 0.0108. The SMILES string of the molecule is CCOC(=O)CCNc1ccccc1S(=O)(=O)C(F)F. The number of alkyl halides is 2. The molecule has 0 saturated heterocycles. The van der Waals surface area contributed by atoms with Gasteiger partial charge in [0.1, 0.15) is 0 Å². The molecule has 0 aromatic heterocycles. The molecule has 1 rings (SSSR count). The summed E-state index contributed by atoms with van der Waals surface area (Å²) in [6.45, 7) is 2.00. The van der Waals surface area contributed by atoms with E-state index in [-0.39, 0.29) is 25.3 Å². The Morgan fingerprint density at radius 3 is 2.60 bits per heavy atom.